The fraction of sp³-hybridized carbons (Fsp3) is 0.441. The third-order valence-electron chi connectivity index (χ3n) is 9.50. The van der Waals surface area contributed by atoms with Crippen molar-refractivity contribution in [2.75, 3.05) is 32.8 Å². The van der Waals surface area contributed by atoms with Crippen LogP contribution in [0.3, 0.4) is 0 Å². The number of hydrogen-bond acceptors (Lipinski definition) is 5. The second kappa shape index (κ2) is 10.1. The first kappa shape index (κ1) is 26.0. The van der Waals surface area contributed by atoms with E-state index in [9.17, 15) is 9.90 Å². The first-order chi connectivity index (χ1) is 19.4. The number of aliphatic hydroxyl groups is 1. The van der Waals surface area contributed by atoms with Crippen molar-refractivity contribution in [3.8, 4) is 5.75 Å². The summed E-state index contributed by atoms with van der Waals surface area (Å²) in [5.41, 5.74) is 6.42. The van der Waals surface area contributed by atoms with Gasteiger partial charge in [0, 0.05) is 36.4 Å². The summed E-state index contributed by atoms with van der Waals surface area (Å²) in [6, 6.07) is 15.4. The van der Waals surface area contributed by atoms with E-state index in [0.29, 0.717) is 18.7 Å². The van der Waals surface area contributed by atoms with Crippen molar-refractivity contribution >= 4 is 22.6 Å². The molecule has 2 aromatic carbocycles. The van der Waals surface area contributed by atoms with Gasteiger partial charge >= 0.3 is 0 Å². The van der Waals surface area contributed by atoms with Gasteiger partial charge in [0.2, 0.25) is 5.91 Å². The second-order valence-electron chi connectivity index (χ2n) is 12.1. The molecule has 1 saturated carbocycles. The van der Waals surface area contributed by atoms with Gasteiger partial charge in [-0.2, -0.15) is 0 Å². The number of hydrogen-bond donors (Lipinski definition) is 1. The molecule has 2 aromatic rings. The van der Waals surface area contributed by atoms with E-state index in [1.54, 1.807) is 0 Å². The van der Waals surface area contributed by atoms with Crippen LogP contribution in [-0.4, -0.2) is 58.3 Å². The van der Waals surface area contributed by atoms with Crippen LogP contribution in [0.4, 0.5) is 0 Å². The van der Waals surface area contributed by atoms with E-state index in [1.165, 1.54) is 58.7 Å². The highest BCUT2D eigenvalue weighted by Gasteiger charge is 2.72. The molecule has 3 aliphatic heterocycles. The predicted molar refractivity (Wildman–Crippen MR) is 161 cm³/mol. The standard InChI is InChI=1S/C34H38N2O3S/c1-24-19-25(6-7-27(24)22-36-16-4-5-31(36)38)20-30-32(40-34-21-28(37)12-13-33(30,34)23-34)26-8-10-29(11-9-26)39-18-17-35-14-2-3-15-35/h6-13,19,21,37H,2-5,14-18,20,22-23H2,1H3. The quantitative estimate of drug-likeness (QED) is 0.387. The van der Waals surface area contributed by atoms with Crippen LogP contribution in [0.25, 0.3) is 4.91 Å². The van der Waals surface area contributed by atoms with Crippen LogP contribution in [0.2, 0.25) is 0 Å². The Morgan fingerprint density at radius 3 is 2.62 bits per heavy atom. The van der Waals surface area contributed by atoms with E-state index in [-0.39, 0.29) is 16.1 Å². The van der Waals surface area contributed by atoms with Gasteiger partial charge in [-0.1, -0.05) is 36.4 Å². The third-order valence-corrected chi connectivity index (χ3v) is 11.2. The van der Waals surface area contributed by atoms with Crippen LogP contribution in [0.1, 0.15) is 54.4 Å². The fourth-order valence-corrected chi connectivity index (χ4v) is 8.98. The molecule has 5 aliphatic rings. The minimum Gasteiger partial charge on any atom is -0.508 e. The largest absolute Gasteiger partial charge is 0.508 e. The normalized spacial score (nSPS) is 27.3. The lowest BCUT2D eigenvalue weighted by Gasteiger charge is -2.20. The van der Waals surface area contributed by atoms with Gasteiger partial charge in [-0.3, -0.25) is 9.69 Å². The smallest absolute Gasteiger partial charge is 0.222 e. The molecule has 1 amide bonds. The zero-order chi connectivity index (χ0) is 27.3. The van der Waals surface area contributed by atoms with Gasteiger partial charge < -0.3 is 14.7 Å². The summed E-state index contributed by atoms with van der Waals surface area (Å²) in [7, 11) is 0. The Labute approximate surface area is 241 Å². The summed E-state index contributed by atoms with van der Waals surface area (Å²) in [5.74, 6) is 1.57. The minimum atomic E-state index is -0.0769. The van der Waals surface area contributed by atoms with E-state index in [0.717, 1.165) is 44.7 Å². The van der Waals surface area contributed by atoms with E-state index in [4.69, 9.17) is 4.74 Å². The van der Waals surface area contributed by atoms with E-state index in [2.05, 4.69) is 66.4 Å². The van der Waals surface area contributed by atoms with Gasteiger partial charge in [-0.05, 0) is 104 Å². The summed E-state index contributed by atoms with van der Waals surface area (Å²) in [5, 5.41) is 10.4. The molecule has 3 fully saturated rings. The van der Waals surface area contributed by atoms with Crippen LogP contribution in [-0.2, 0) is 17.8 Å². The van der Waals surface area contributed by atoms with Gasteiger partial charge in [0.05, 0.1) is 4.75 Å². The van der Waals surface area contributed by atoms with Crippen LogP contribution in [0.15, 0.2) is 72.0 Å². The molecule has 2 saturated heterocycles. The number of amides is 1. The molecule has 0 aromatic heterocycles. The lowest BCUT2D eigenvalue weighted by molar-refractivity contribution is -0.128. The zero-order valence-electron chi connectivity index (χ0n) is 23.3. The minimum absolute atomic E-state index is 0.0291. The lowest BCUT2D eigenvalue weighted by atomic mass is 9.84. The number of thioether (sulfide) groups is 1. The van der Waals surface area contributed by atoms with Gasteiger partial charge in [0.15, 0.2) is 0 Å². The molecule has 3 heterocycles. The Bertz CT molecular complexity index is 1420. The first-order valence-corrected chi connectivity index (χ1v) is 15.6. The van der Waals surface area contributed by atoms with Gasteiger partial charge in [0.25, 0.3) is 0 Å². The molecule has 208 valence electrons. The average molecular weight is 555 g/mol. The Hall–Kier alpha value is -2.96. The third kappa shape index (κ3) is 4.59. The highest BCUT2D eigenvalue weighted by atomic mass is 32.2. The maximum Gasteiger partial charge on any atom is 0.222 e. The van der Waals surface area contributed by atoms with Crippen molar-refractivity contribution in [2.45, 2.75) is 56.7 Å². The topological polar surface area (TPSA) is 53.0 Å². The number of allylic oxidation sites excluding steroid dienone is 3. The first-order valence-electron chi connectivity index (χ1n) is 14.8. The van der Waals surface area contributed by atoms with Gasteiger partial charge in [-0.15, -0.1) is 11.8 Å². The number of nitrogens with zero attached hydrogens (tertiary/aromatic N) is 2. The summed E-state index contributed by atoms with van der Waals surface area (Å²) in [6.07, 6.45) is 12.4. The number of rotatable bonds is 9. The average Bonchev–Trinajstić information content (AvgIpc) is 3.30. The number of aryl methyl sites for hydroxylation is 1. The maximum absolute atomic E-state index is 12.2. The van der Waals surface area contributed by atoms with E-state index >= 15 is 0 Å². The molecule has 7 rings (SSSR count). The van der Waals surface area contributed by atoms with Crippen LogP contribution < -0.4 is 4.74 Å². The van der Waals surface area contributed by atoms with Gasteiger partial charge in [0.1, 0.15) is 18.1 Å². The number of carbonyl (C=O) groups excluding carboxylic acids is 1. The molecule has 6 heteroatoms. The molecule has 0 radical (unpaired) electrons. The van der Waals surface area contributed by atoms with Crippen LogP contribution >= 0.6 is 11.8 Å². The molecular weight excluding hydrogens is 516 g/mol. The molecule has 1 N–H and O–H groups in total. The predicted octanol–water partition coefficient (Wildman–Crippen LogP) is 6.43. The molecule has 0 bridgehead atoms. The van der Waals surface area contributed by atoms with Crippen LogP contribution in [0.5, 0.6) is 5.75 Å². The molecule has 40 heavy (non-hydrogen) atoms. The SMILES string of the molecule is Cc1cc(CC2=C(c3ccc(OCCN4CCCC4)cc3)SC34C=C(O)C=CC23C4)ccc1CN1CCCC1=O. The summed E-state index contributed by atoms with van der Waals surface area (Å²) in [4.78, 5) is 18.0. The van der Waals surface area contributed by atoms with Gasteiger partial charge in [-0.25, -0.2) is 0 Å². The highest BCUT2D eigenvalue weighted by molar-refractivity contribution is 8.10. The van der Waals surface area contributed by atoms with Crippen molar-refractivity contribution in [1.82, 2.24) is 9.80 Å². The summed E-state index contributed by atoms with van der Waals surface area (Å²) < 4.78 is 6.00. The maximum atomic E-state index is 12.2. The number of ether oxygens (including phenoxy) is 1. The highest BCUT2D eigenvalue weighted by Crippen LogP contribution is 2.79. The number of aliphatic hydroxyl groups excluding tert-OH is 1. The lowest BCUT2D eigenvalue weighted by Crippen LogP contribution is -2.25. The summed E-state index contributed by atoms with van der Waals surface area (Å²) in [6.45, 7) is 7.85. The molecule has 0 spiro atoms. The molecular formula is C34H38N2O3S. The summed E-state index contributed by atoms with van der Waals surface area (Å²) >= 11 is 1.92. The Morgan fingerprint density at radius 2 is 1.88 bits per heavy atom. The molecule has 5 nitrogen and oxygen atoms in total. The Morgan fingerprint density at radius 1 is 1.05 bits per heavy atom. The number of benzene rings is 2. The van der Waals surface area contributed by atoms with Crippen LogP contribution in [0, 0.1) is 12.3 Å². The Balaban J connectivity index is 1.12. The Kier molecular flexibility index (Phi) is 6.59. The molecule has 2 atom stereocenters. The van der Waals surface area contributed by atoms with Crippen molar-refractivity contribution in [1.29, 1.82) is 0 Å². The molecule has 2 aliphatic carbocycles. The monoisotopic (exact) mass is 554 g/mol. The van der Waals surface area contributed by atoms with Crippen molar-refractivity contribution in [3.05, 3.63) is 94.3 Å². The molecule has 2 unspecified atom stereocenters. The van der Waals surface area contributed by atoms with Crippen molar-refractivity contribution in [3.63, 3.8) is 0 Å². The number of carbonyl (C=O) groups is 1. The fourth-order valence-electron chi connectivity index (χ4n) is 7.13. The van der Waals surface area contributed by atoms with E-state index < -0.39 is 0 Å². The number of likely N-dealkylation sites (tertiary alicyclic amines) is 2. The zero-order valence-corrected chi connectivity index (χ0v) is 24.1. The van der Waals surface area contributed by atoms with E-state index in [1.807, 2.05) is 22.7 Å². The second-order valence-corrected chi connectivity index (χ2v) is 13.5. The van der Waals surface area contributed by atoms with Crippen molar-refractivity contribution < 1.29 is 14.6 Å². The van der Waals surface area contributed by atoms with Crippen molar-refractivity contribution in [2.24, 2.45) is 5.41 Å².